The number of fused-ring (bicyclic) bond motifs is 1. The predicted molar refractivity (Wildman–Crippen MR) is 66.1 cm³/mol. The lowest BCUT2D eigenvalue weighted by molar-refractivity contribution is -0.291. The van der Waals surface area contributed by atoms with Gasteiger partial charge in [-0.25, -0.2) is 0 Å². The zero-order valence-electron chi connectivity index (χ0n) is 11.2. The van der Waals surface area contributed by atoms with Gasteiger partial charge >= 0.3 is 0 Å². The molecule has 1 N–H and O–H groups in total. The molecule has 0 heterocycles. The number of hydrogen-bond acceptors (Lipinski definition) is 1. The molecule has 0 amide bonds. The largest absolute Gasteiger partial charge is 0.389 e. The summed E-state index contributed by atoms with van der Waals surface area (Å²) in [7, 11) is 0. The fourth-order valence-electron chi connectivity index (χ4n) is 5.69. The molecule has 0 aliphatic heterocycles. The summed E-state index contributed by atoms with van der Waals surface area (Å²) in [5.41, 5.74) is -0.0576. The van der Waals surface area contributed by atoms with E-state index in [2.05, 4.69) is 27.7 Å². The average molecular weight is 222 g/mol. The molecule has 4 rings (SSSR count). The second kappa shape index (κ2) is 2.85. The molecule has 4 bridgehead atoms. The standard InChI is InChI=1S/C15H26O/c1-10-5-8-15(16)13(2,3)11-6-7-14(15,4)12(10)9-11/h10-12,16H,5-9H2,1-4H3/t10-,11+,12-,14-,15-/m0/s1. The molecule has 0 radical (unpaired) electrons. The summed E-state index contributed by atoms with van der Waals surface area (Å²) in [4.78, 5) is 0. The van der Waals surface area contributed by atoms with Crippen LogP contribution in [0.5, 0.6) is 0 Å². The molecule has 4 fully saturated rings. The third kappa shape index (κ3) is 0.939. The normalized spacial score (nSPS) is 58.7. The van der Waals surface area contributed by atoms with Gasteiger partial charge < -0.3 is 5.11 Å². The van der Waals surface area contributed by atoms with Crippen molar-refractivity contribution in [1.82, 2.24) is 0 Å². The summed E-state index contributed by atoms with van der Waals surface area (Å²) in [6, 6.07) is 0. The predicted octanol–water partition coefficient (Wildman–Crippen LogP) is 3.61. The van der Waals surface area contributed by atoms with Gasteiger partial charge in [0.1, 0.15) is 0 Å². The number of aliphatic hydroxyl groups is 1. The van der Waals surface area contributed by atoms with Crippen LogP contribution in [-0.2, 0) is 0 Å². The highest BCUT2D eigenvalue weighted by molar-refractivity contribution is 5.19. The second-order valence-electron chi connectivity index (χ2n) is 7.59. The molecule has 0 spiro atoms. The molecule has 4 aliphatic rings. The maximum atomic E-state index is 11.3. The van der Waals surface area contributed by atoms with Gasteiger partial charge in [-0.05, 0) is 60.7 Å². The zero-order valence-corrected chi connectivity index (χ0v) is 11.2. The first-order valence-corrected chi connectivity index (χ1v) is 7.05. The van der Waals surface area contributed by atoms with Crippen molar-refractivity contribution in [1.29, 1.82) is 0 Å². The van der Waals surface area contributed by atoms with Crippen LogP contribution in [0.2, 0.25) is 0 Å². The van der Waals surface area contributed by atoms with Gasteiger partial charge in [0, 0.05) is 0 Å². The molecular formula is C15H26O. The van der Waals surface area contributed by atoms with E-state index in [0.717, 1.165) is 24.2 Å². The Morgan fingerprint density at radius 1 is 1.06 bits per heavy atom. The van der Waals surface area contributed by atoms with E-state index in [9.17, 15) is 5.11 Å². The van der Waals surface area contributed by atoms with Crippen LogP contribution in [0.3, 0.4) is 0 Å². The van der Waals surface area contributed by atoms with Crippen LogP contribution in [0.1, 0.15) is 59.8 Å². The van der Waals surface area contributed by atoms with Gasteiger partial charge in [-0.2, -0.15) is 0 Å². The van der Waals surface area contributed by atoms with E-state index in [4.69, 9.17) is 0 Å². The molecular weight excluding hydrogens is 196 g/mol. The van der Waals surface area contributed by atoms with Crippen LogP contribution >= 0.6 is 0 Å². The molecule has 92 valence electrons. The van der Waals surface area contributed by atoms with E-state index in [0.29, 0.717) is 0 Å². The minimum Gasteiger partial charge on any atom is -0.389 e. The molecule has 4 saturated carbocycles. The van der Waals surface area contributed by atoms with Crippen molar-refractivity contribution >= 4 is 0 Å². The lowest BCUT2D eigenvalue weighted by atomic mass is 9.35. The van der Waals surface area contributed by atoms with Crippen molar-refractivity contribution in [3.05, 3.63) is 0 Å². The van der Waals surface area contributed by atoms with Gasteiger partial charge in [-0.3, -0.25) is 0 Å². The minimum atomic E-state index is -0.391. The first kappa shape index (κ1) is 11.1. The van der Waals surface area contributed by atoms with Gasteiger partial charge in [0.15, 0.2) is 0 Å². The van der Waals surface area contributed by atoms with Crippen LogP contribution in [0, 0.1) is 28.6 Å². The first-order chi connectivity index (χ1) is 7.33. The SMILES string of the molecule is C[C@H]1CC[C@]2(O)C(C)(C)[C@@H]3CC[C@@]2(C)[C@H]1C3. The summed E-state index contributed by atoms with van der Waals surface area (Å²) >= 11 is 0. The molecule has 5 atom stereocenters. The van der Waals surface area contributed by atoms with E-state index in [1.54, 1.807) is 0 Å². The zero-order chi connectivity index (χ0) is 11.8. The van der Waals surface area contributed by atoms with E-state index >= 15 is 0 Å². The Morgan fingerprint density at radius 2 is 1.75 bits per heavy atom. The number of rotatable bonds is 0. The molecule has 1 nitrogen and oxygen atoms in total. The number of hydrogen-bond donors (Lipinski definition) is 1. The Kier molecular flexibility index (Phi) is 1.98. The van der Waals surface area contributed by atoms with Gasteiger partial charge in [0.05, 0.1) is 5.60 Å². The summed E-state index contributed by atoms with van der Waals surface area (Å²) in [6.45, 7) is 9.43. The van der Waals surface area contributed by atoms with Crippen LogP contribution in [0.15, 0.2) is 0 Å². The lowest BCUT2D eigenvalue weighted by Gasteiger charge is -2.71. The third-order valence-electron chi connectivity index (χ3n) is 7.05. The summed E-state index contributed by atoms with van der Waals surface area (Å²) in [6.07, 6.45) is 6.23. The molecule has 0 aromatic carbocycles. The molecule has 0 aromatic heterocycles. The average Bonchev–Trinajstić information content (AvgIpc) is 2.22. The lowest BCUT2D eigenvalue weighted by Crippen LogP contribution is -2.71. The molecule has 16 heavy (non-hydrogen) atoms. The molecule has 0 aromatic rings. The minimum absolute atomic E-state index is 0.136. The van der Waals surface area contributed by atoms with Crippen LogP contribution < -0.4 is 0 Å². The van der Waals surface area contributed by atoms with Crippen molar-refractivity contribution in [2.45, 2.75) is 65.4 Å². The molecule has 4 aliphatic carbocycles. The highest BCUT2D eigenvalue weighted by Gasteiger charge is 2.69. The van der Waals surface area contributed by atoms with Crippen molar-refractivity contribution in [3.63, 3.8) is 0 Å². The topological polar surface area (TPSA) is 20.2 Å². The Balaban J connectivity index is 2.13. The second-order valence-corrected chi connectivity index (χ2v) is 7.59. The Morgan fingerprint density at radius 3 is 2.44 bits per heavy atom. The monoisotopic (exact) mass is 222 g/mol. The third-order valence-corrected chi connectivity index (χ3v) is 7.05. The van der Waals surface area contributed by atoms with E-state index in [1.807, 2.05) is 0 Å². The Bertz CT molecular complexity index is 321. The van der Waals surface area contributed by atoms with Crippen molar-refractivity contribution in [2.75, 3.05) is 0 Å². The highest BCUT2D eigenvalue weighted by atomic mass is 16.3. The summed E-state index contributed by atoms with van der Waals surface area (Å²) in [5, 5.41) is 11.3. The maximum Gasteiger partial charge on any atom is 0.0757 e. The quantitative estimate of drug-likeness (QED) is 0.664. The Hall–Kier alpha value is -0.0400. The van der Waals surface area contributed by atoms with Crippen LogP contribution in [0.25, 0.3) is 0 Å². The van der Waals surface area contributed by atoms with E-state index in [1.165, 1.54) is 25.7 Å². The van der Waals surface area contributed by atoms with Gasteiger partial charge in [-0.1, -0.05) is 27.7 Å². The van der Waals surface area contributed by atoms with Crippen molar-refractivity contribution in [3.8, 4) is 0 Å². The van der Waals surface area contributed by atoms with Gasteiger partial charge in [-0.15, -0.1) is 0 Å². The highest BCUT2D eigenvalue weighted by Crippen LogP contribution is 2.71. The van der Waals surface area contributed by atoms with Crippen molar-refractivity contribution < 1.29 is 5.11 Å². The van der Waals surface area contributed by atoms with Crippen LogP contribution in [-0.4, -0.2) is 10.7 Å². The van der Waals surface area contributed by atoms with Gasteiger partial charge in [0.2, 0.25) is 0 Å². The molecule has 0 saturated heterocycles. The first-order valence-electron chi connectivity index (χ1n) is 7.05. The van der Waals surface area contributed by atoms with Gasteiger partial charge in [0.25, 0.3) is 0 Å². The molecule has 1 heteroatoms. The fourth-order valence-corrected chi connectivity index (χ4v) is 5.69. The van der Waals surface area contributed by atoms with E-state index < -0.39 is 5.60 Å². The smallest absolute Gasteiger partial charge is 0.0757 e. The van der Waals surface area contributed by atoms with Crippen LogP contribution in [0.4, 0.5) is 0 Å². The fraction of sp³-hybridized carbons (Fsp3) is 1.00. The summed E-state index contributed by atoms with van der Waals surface area (Å²) in [5.74, 6) is 2.36. The maximum absolute atomic E-state index is 11.3. The molecule has 0 unspecified atom stereocenters. The Labute approximate surface area is 99.6 Å². The van der Waals surface area contributed by atoms with E-state index in [-0.39, 0.29) is 10.8 Å². The van der Waals surface area contributed by atoms with Crippen molar-refractivity contribution in [2.24, 2.45) is 28.6 Å². The summed E-state index contributed by atoms with van der Waals surface area (Å²) < 4.78 is 0.